The van der Waals surface area contributed by atoms with Gasteiger partial charge >= 0.3 is 0 Å². The fraction of sp³-hybridized carbons (Fsp3) is 0.438. The smallest absolute Gasteiger partial charge is 0.0825 e. The van der Waals surface area contributed by atoms with E-state index in [0.29, 0.717) is 11.6 Å². The van der Waals surface area contributed by atoms with Gasteiger partial charge in [0.05, 0.1) is 11.4 Å². The molecule has 0 saturated carbocycles. The molecular formula is C32H53N3. The number of benzene rings is 2. The predicted octanol–water partition coefficient (Wildman–Crippen LogP) is 8.75. The van der Waals surface area contributed by atoms with Crippen molar-refractivity contribution in [3.05, 3.63) is 95.1 Å². The summed E-state index contributed by atoms with van der Waals surface area (Å²) in [4.78, 5) is 0. The summed E-state index contributed by atoms with van der Waals surface area (Å²) < 4.78 is 0. The van der Waals surface area contributed by atoms with Gasteiger partial charge in [0.25, 0.3) is 0 Å². The SMILES string of the molecule is C=C(C)CCC(=C)C(C)C.CC.CC.CCc1ccccc1/C(N)=C(\c1ccccc1C)N(C)N. The maximum absolute atomic E-state index is 6.48. The van der Waals surface area contributed by atoms with Crippen LogP contribution in [0.5, 0.6) is 0 Å². The first-order valence-electron chi connectivity index (χ1n) is 13.0. The molecule has 0 aliphatic carbocycles. The number of hydrogen-bond donors (Lipinski definition) is 2. The van der Waals surface area contributed by atoms with Gasteiger partial charge < -0.3 is 10.7 Å². The second-order valence-corrected chi connectivity index (χ2v) is 8.47. The lowest BCUT2D eigenvalue weighted by molar-refractivity contribution is 0.511. The van der Waals surface area contributed by atoms with Gasteiger partial charge in [-0.05, 0) is 50.2 Å². The molecule has 0 unspecified atom stereocenters. The monoisotopic (exact) mass is 479 g/mol. The summed E-state index contributed by atoms with van der Waals surface area (Å²) in [5.74, 6) is 6.69. The van der Waals surface area contributed by atoms with Crippen LogP contribution in [0.25, 0.3) is 11.4 Å². The Balaban J connectivity index is 0. The molecule has 0 radical (unpaired) electrons. The molecule has 0 amide bonds. The summed E-state index contributed by atoms with van der Waals surface area (Å²) in [6.45, 7) is 26.5. The minimum atomic E-state index is 0.624. The van der Waals surface area contributed by atoms with E-state index in [9.17, 15) is 0 Å². The van der Waals surface area contributed by atoms with E-state index in [4.69, 9.17) is 11.6 Å². The third kappa shape index (κ3) is 12.5. The van der Waals surface area contributed by atoms with Crippen molar-refractivity contribution in [1.82, 2.24) is 5.01 Å². The van der Waals surface area contributed by atoms with Crippen molar-refractivity contribution >= 4 is 11.4 Å². The van der Waals surface area contributed by atoms with E-state index < -0.39 is 0 Å². The number of nitrogens with two attached hydrogens (primary N) is 2. The highest BCUT2D eigenvalue weighted by molar-refractivity contribution is 5.89. The fourth-order valence-corrected chi connectivity index (χ4v) is 3.25. The quantitative estimate of drug-likeness (QED) is 0.172. The molecule has 2 aromatic rings. The highest BCUT2D eigenvalue weighted by Gasteiger charge is 2.15. The van der Waals surface area contributed by atoms with Crippen LogP contribution >= 0.6 is 0 Å². The van der Waals surface area contributed by atoms with Gasteiger partial charge in [-0.2, -0.15) is 0 Å². The van der Waals surface area contributed by atoms with Crippen LogP contribution in [-0.4, -0.2) is 12.1 Å². The molecule has 0 aliphatic rings. The molecule has 0 aromatic heterocycles. The summed E-state index contributed by atoms with van der Waals surface area (Å²) in [6.07, 6.45) is 3.14. The molecule has 2 rings (SSSR count). The Kier molecular flexibility index (Phi) is 19.2. The van der Waals surface area contributed by atoms with E-state index in [2.05, 4.69) is 72.0 Å². The molecule has 3 nitrogen and oxygen atoms in total. The Morgan fingerprint density at radius 1 is 0.886 bits per heavy atom. The summed E-state index contributed by atoms with van der Waals surface area (Å²) in [6, 6.07) is 16.3. The standard InChI is InChI=1S/C18H23N3.C10H18.2C2H6/c1-4-14-10-6-8-12-16(14)17(19)18(21(3)20)15-11-7-5-9-13(15)2;1-8(2)6-7-10(5)9(3)4;2*1-2/h5-12H,4,19-20H2,1-3H3;9H,1,5-7H2,2-4H3;2*1-2H3/b18-17-;;;. The molecular weight excluding hydrogens is 426 g/mol. The second-order valence-electron chi connectivity index (χ2n) is 8.47. The van der Waals surface area contributed by atoms with Crippen molar-refractivity contribution in [2.45, 2.75) is 81.6 Å². The summed E-state index contributed by atoms with van der Waals surface area (Å²) in [5.41, 5.74) is 15.1. The van der Waals surface area contributed by atoms with Crippen molar-refractivity contribution < 1.29 is 0 Å². The first-order chi connectivity index (χ1) is 16.6. The van der Waals surface area contributed by atoms with Crippen molar-refractivity contribution in [3.8, 4) is 0 Å². The zero-order valence-electron chi connectivity index (χ0n) is 24.3. The first kappa shape index (κ1) is 34.4. The minimum Gasteiger partial charge on any atom is -0.396 e. The summed E-state index contributed by atoms with van der Waals surface area (Å²) in [7, 11) is 1.82. The number of rotatable bonds is 8. The van der Waals surface area contributed by atoms with Crippen LogP contribution in [0.2, 0.25) is 0 Å². The largest absolute Gasteiger partial charge is 0.396 e. The zero-order chi connectivity index (χ0) is 27.6. The molecule has 0 fully saturated rings. The minimum absolute atomic E-state index is 0.624. The molecule has 0 saturated heterocycles. The second kappa shape index (κ2) is 19.5. The summed E-state index contributed by atoms with van der Waals surface area (Å²) >= 11 is 0. The van der Waals surface area contributed by atoms with Gasteiger partial charge in [-0.25, -0.2) is 5.84 Å². The summed E-state index contributed by atoms with van der Waals surface area (Å²) in [5, 5.41) is 1.60. The van der Waals surface area contributed by atoms with Gasteiger partial charge in [0.15, 0.2) is 0 Å². The van der Waals surface area contributed by atoms with Crippen LogP contribution in [-0.2, 0) is 6.42 Å². The molecule has 2 aromatic carbocycles. The van der Waals surface area contributed by atoms with Gasteiger partial charge in [0.2, 0.25) is 0 Å². The van der Waals surface area contributed by atoms with Crippen molar-refractivity contribution in [3.63, 3.8) is 0 Å². The molecule has 0 atom stereocenters. The van der Waals surface area contributed by atoms with Gasteiger partial charge in [0.1, 0.15) is 0 Å². The third-order valence-electron chi connectivity index (χ3n) is 5.39. The molecule has 0 heterocycles. The van der Waals surface area contributed by atoms with E-state index in [-0.39, 0.29) is 0 Å². The average molecular weight is 480 g/mol. The first-order valence-corrected chi connectivity index (χ1v) is 13.0. The number of aryl methyl sites for hydroxylation is 2. The van der Waals surface area contributed by atoms with Crippen LogP contribution in [0, 0.1) is 12.8 Å². The van der Waals surface area contributed by atoms with Crippen LogP contribution in [0.15, 0.2) is 72.8 Å². The third-order valence-corrected chi connectivity index (χ3v) is 5.39. The number of nitrogens with zero attached hydrogens (tertiary/aromatic N) is 1. The normalized spacial score (nSPS) is 10.4. The highest BCUT2D eigenvalue weighted by atomic mass is 15.4. The van der Waals surface area contributed by atoms with E-state index in [1.807, 2.05) is 59.0 Å². The molecule has 196 valence electrons. The molecule has 35 heavy (non-hydrogen) atoms. The van der Waals surface area contributed by atoms with E-state index in [1.54, 1.807) is 5.01 Å². The van der Waals surface area contributed by atoms with Gasteiger partial charge in [-0.1, -0.05) is 115 Å². The predicted molar refractivity (Wildman–Crippen MR) is 161 cm³/mol. The Morgan fingerprint density at radius 2 is 1.37 bits per heavy atom. The Labute approximate surface area is 217 Å². The maximum Gasteiger partial charge on any atom is 0.0825 e. The molecule has 0 aliphatic heterocycles. The van der Waals surface area contributed by atoms with Crippen molar-refractivity contribution in [2.24, 2.45) is 17.5 Å². The number of hydrazine groups is 1. The molecule has 0 spiro atoms. The lowest BCUT2D eigenvalue weighted by Gasteiger charge is -2.22. The van der Waals surface area contributed by atoms with Crippen LogP contribution < -0.4 is 11.6 Å². The Bertz CT molecular complexity index is 905. The lowest BCUT2D eigenvalue weighted by Crippen LogP contribution is -2.27. The number of allylic oxidation sites excluding steroid dienone is 2. The van der Waals surface area contributed by atoms with Crippen LogP contribution in [0.3, 0.4) is 0 Å². The molecule has 0 bridgehead atoms. The Hall–Kier alpha value is -2.78. The lowest BCUT2D eigenvalue weighted by atomic mass is 9.97. The Morgan fingerprint density at radius 3 is 1.80 bits per heavy atom. The fourth-order valence-electron chi connectivity index (χ4n) is 3.25. The van der Waals surface area contributed by atoms with Gasteiger partial charge in [-0.3, -0.25) is 0 Å². The van der Waals surface area contributed by atoms with Gasteiger partial charge in [-0.15, -0.1) is 6.58 Å². The maximum atomic E-state index is 6.48. The van der Waals surface area contributed by atoms with Gasteiger partial charge in [0, 0.05) is 18.2 Å². The van der Waals surface area contributed by atoms with Crippen LogP contribution in [0.4, 0.5) is 0 Å². The highest BCUT2D eigenvalue weighted by Crippen LogP contribution is 2.28. The molecule has 4 N–H and O–H groups in total. The van der Waals surface area contributed by atoms with Crippen molar-refractivity contribution in [2.75, 3.05) is 7.05 Å². The van der Waals surface area contributed by atoms with Crippen molar-refractivity contribution in [1.29, 1.82) is 0 Å². The number of hydrogen-bond acceptors (Lipinski definition) is 3. The van der Waals surface area contributed by atoms with E-state index in [0.717, 1.165) is 41.6 Å². The molecule has 3 heteroatoms. The van der Waals surface area contributed by atoms with E-state index >= 15 is 0 Å². The van der Waals surface area contributed by atoms with E-state index in [1.165, 1.54) is 16.7 Å². The topological polar surface area (TPSA) is 55.3 Å². The average Bonchev–Trinajstić information content (AvgIpc) is 2.86. The zero-order valence-corrected chi connectivity index (χ0v) is 24.3. The van der Waals surface area contributed by atoms with Crippen LogP contribution in [0.1, 0.15) is 90.5 Å².